The van der Waals surface area contributed by atoms with Crippen LogP contribution in [-0.4, -0.2) is 19.3 Å². The van der Waals surface area contributed by atoms with Crippen LogP contribution in [0.4, 0.5) is 10.8 Å². The number of amides is 1. The van der Waals surface area contributed by atoms with Gasteiger partial charge < -0.3 is 5.32 Å². The number of thiazole rings is 1. The van der Waals surface area contributed by atoms with Gasteiger partial charge >= 0.3 is 0 Å². The largest absolute Gasteiger partial charge is 0.326 e. The first kappa shape index (κ1) is 21.0. The Morgan fingerprint density at radius 3 is 2.42 bits per heavy atom. The standard InChI is InChI=1S/C23H21N3O3S2/c1-15-8-10-19(11-9-15)31(28,29)26-23-25-22-16(2)12-18(14-20(22)30-23)24-21(27)13-17-6-4-3-5-7-17/h3-12,14H,13H2,1-2H3,(H,24,27)(H,25,26). The van der Waals surface area contributed by atoms with Crippen molar-refractivity contribution in [3.05, 3.63) is 83.4 Å². The Balaban J connectivity index is 1.54. The zero-order valence-electron chi connectivity index (χ0n) is 17.0. The zero-order valence-corrected chi connectivity index (χ0v) is 18.7. The van der Waals surface area contributed by atoms with Crippen LogP contribution < -0.4 is 10.0 Å². The summed E-state index contributed by atoms with van der Waals surface area (Å²) in [6, 6.07) is 19.8. The van der Waals surface area contributed by atoms with Crippen molar-refractivity contribution >= 4 is 48.3 Å². The molecule has 0 bridgehead atoms. The molecular weight excluding hydrogens is 430 g/mol. The van der Waals surface area contributed by atoms with Gasteiger partial charge in [0.25, 0.3) is 10.0 Å². The van der Waals surface area contributed by atoms with Gasteiger partial charge in [-0.05, 0) is 49.2 Å². The van der Waals surface area contributed by atoms with Crippen LogP contribution in [0.2, 0.25) is 0 Å². The molecule has 2 N–H and O–H groups in total. The molecule has 0 radical (unpaired) electrons. The van der Waals surface area contributed by atoms with Gasteiger partial charge in [0.1, 0.15) is 0 Å². The van der Waals surface area contributed by atoms with Crippen LogP contribution in [0.5, 0.6) is 0 Å². The van der Waals surface area contributed by atoms with E-state index in [1.807, 2.05) is 56.3 Å². The third kappa shape index (κ3) is 4.92. The Morgan fingerprint density at radius 2 is 1.71 bits per heavy atom. The maximum Gasteiger partial charge on any atom is 0.263 e. The minimum atomic E-state index is -3.73. The maximum absolute atomic E-state index is 12.7. The van der Waals surface area contributed by atoms with Crippen LogP contribution in [0.15, 0.2) is 71.6 Å². The number of fused-ring (bicyclic) bond motifs is 1. The molecule has 0 aliphatic heterocycles. The molecule has 0 saturated heterocycles. The van der Waals surface area contributed by atoms with Crippen molar-refractivity contribution < 1.29 is 13.2 Å². The summed E-state index contributed by atoms with van der Waals surface area (Å²) in [7, 11) is -3.73. The molecule has 0 fully saturated rings. The fourth-order valence-electron chi connectivity index (χ4n) is 3.19. The Kier molecular flexibility index (Phi) is 5.75. The number of aryl methyl sites for hydroxylation is 2. The second kappa shape index (κ2) is 8.49. The third-order valence-corrected chi connectivity index (χ3v) is 7.13. The molecule has 31 heavy (non-hydrogen) atoms. The number of sulfonamides is 1. The number of carbonyl (C=O) groups excluding carboxylic acids is 1. The Labute approximate surface area is 185 Å². The summed E-state index contributed by atoms with van der Waals surface area (Å²) in [6.07, 6.45) is 0.280. The molecule has 4 aromatic rings. The molecule has 0 aliphatic rings. The first-order valence-electron chi connectivity index (χ1n) is 9.65. The van der Waals surface area contributed by atoms with Gasteiger partial charge in [0.2, 0.25) is 5.91 Å². The molecule has 0 unspecified atom stereocenters. The SMILES string of the molecule is Cc1ccc(S(=O)(=O)Nc2nc3c(C)cc(NC(=O)Cc4ccccc4)cc3s2)cc1. The zero-order chi connectivity index (χ0) is 22.0. The van der Waals surface area contributed by atoms with Crippen LogP contribution in [0.25, 0.3) is 10.2 Å². The average molecular weight is 452 g/mol. The number of hydrogen-bond donors (Lipinski definition) is 2. The highest BCUT2D eigenvalue weighted by atomic mass is 32.2. The lowest BCUT2D eigenvalue weighted by atomic mass is 10.1. The molecular formula is C23H21N3O3S2. The molecule has 1 amide bonds. The highest BCUT2D eigenvalue weighted by Gasteiger charge is 2.17. The van der Waals surface area contributed by atoms with E-state index in [2.05, 4.69) is 15.0 Å². The van der Waals surface area contributed by atoms with Gasteiger partial charge in [-0.15, -0.1) is 0 Å². The van der Waals surface area contributed by atoms with Crippen LogP contribution in [0.3, 0.4) is 0 Å². The summed E-state index contributed by atoms with van der Waals surface area (Å²) in [6.45, 7) is 3.78. The van der Waals surface area contributed by atoms with E-state index in [4.69, 9.17) is 0 Å². The first-order chi connectivity index (χ1) is 14.8. The monoisotopic (exact) mass is 451 g/mol. The van der Waals surface area contributed by atoms with E-state index in [9.17, 15) is 13.2 Å². The van der Waals surface area contributed by atoms with Crippen molar-refractivity contribution in [2.45, 2.75) is 25.2 Å². The molecule has 8 heteroatoms. The summed E-state index contributed by atoms with van der Waals surface area (Å²) in [5.74, 6) is -0.116. The van der Waals surface area contributed by atoms with Gasteiger partial charge in [-0.1, -0.05) is 59.4 Å². The molecule has 6 nitrogen and oxygen atoms in total. The fourth-order valence-corrected chi connectivity index (χ4v) is 5.41. The molecule has 3 aromatic carbocycles. The van der Waals surface area contributed by atoms with Crippen LogP contribution in [-0.2, 0) is 21.2 Å². The summed E-state index contributed by atoms with van der Waals surface area (Å²) in [5.41, 5.74) is 4.12. The second-order valence-electron chi connectivity index (χ2n) is 7.29. The highest BCUT2D eigenvalue weighted by Crippen LogP contribution is 2.32. The minimum absolute atomic E-state index is 0.116. The van der Waals surface area contributed by atoms with Gasteiger partial charge in [-0.2, -0.15) is 0 Å². The first-order valence-corrected chi connectivity index (χ1v) is 11.9. The maximum atomic E-state index is 12.7. The minimum Gasteiger partial charge on any atom is -0.326 e. The van der Waals surface area contributed by atoms with Crippen LogP contribution in [0.1, 0.15) is 16.7 Å². The van der Waals surface area contributed by atoms with Gasteiger partial charge in [0, 0.05) is 5.69 Å². The highest BCUT2D eigenvalue weighted by molar-refractivity contribution is 7.93. The lowest BCUT2D eigenvalue weighted by Gasteiger charge is -2.07. The summed E-state index contributed by atoms with van der Waals surface area (Å²) in [4.78, 5) is 17.0. The second-order valence-corrected chi connectivity index (χ2v) is 10.0. The normalized spacial score (nSPS) is 11.4. The molecule has 0 saturated carbocycles. The number of carbonyl (C=O) groups is 1. The molecule has 0 aliphatic carbocycles. The summed E-state index contributed by atoms with van der Waals surface area (Å²) in [5, 5.41) is 3.20. The number of nitrogens with zero attached hydrogens (tertiary/aromatic N) is 1. The van der Waals surface area contributed by atoms with Gasteiger partial charge in [-0.25, -0.2) is 13.4 Å². The van der Waals surface area contributed by atoms with Crippen molar-refractivity contribution in [2.75, 3.05) is 10.0 Å². The third-order valence-electron chi connectivity index (χ3n) is 4.73. The molecule has 0 atom stereocenters. The van der Waals surface area contributed by atoms with Crippen molar-refractivity contribution in [1.82, 2.24) is 4.98 Å². The molecule has 1 heterocycles. The van der Waals surface area contributed by atoms with E-state index in [0.29, 0.717) is 11.2 Å². The van der Waals surface area contributed by atoms with Crippen molar-refractivity contribution in [2.24, 2.45) is 0 Å². The lowest BCUT2D eigenvalue weighted by Crippen LogP contribution is -2.14. The Hall–Kier alpha value is -3.23. The molecule has 0 spiro atoms. The molecule has 1 aromatic heterocycles. The van der Waals surface area contributed by atoms with Gasteiger partial charge in [0.15, 0.2) is 5.13 Å². The number of benzene rings is 3. The van der Waals surface area contributed by atoms with Gasteiger partial charge in [-0.3, -0.25) is 9.52 Å². The van der Waals surface area contributed by atoms with Crippen molar-refractivity contribution in [3.63, 3.8) is 0 Å². The summed E-state index contributed by atoms with van der Waals surface area (Å²) < 4.78 is 28.7. The van der Waals surface area contributed by atoms with E-state index in [1.165, 1.54) is 11.3 Å². The van der Waals surface area contributed by atoms with E-state index < -0.39 is 10.0 Å². The van der Waals surface area contributed by atoms with Crippen LogP contribution in [0, 0.1) is 13.8 Å². The van der Waals surface area contributed by atoms with Crippen molar-refractivity contribution in [1.29, 1.82) is 0 Å². The van der Waals surface area contributed by atoms with Crippen LogP contribution >= 0.6 is 11.3 Å². The number of aromatic nitrogens is 1. The molecule has 4 rings (SSSR count). The predicted molar refractivity (Wildman–Crippen MR) is 125 cm³/mol. The average Bonchev–Trinajstić information content (AvgIpc) is 3.11. The van der Waals surface area contributed by atoms with Crippen molar-refractivity contribution in [3.8, 4) is 0 Å². The van der Waals surface area contributed by atoms with E-state index >= 15 is 0 Å². The Bertz CT molecular complexity index is 1350. The topological polar surface area (TPSA) is 88.2 Å². The van der Waals surface area contributed by atoms with E-state index in [1.54, 1.807) is 24.3 Å². The number of rotatable bonds is 6. The Morgan fingerprint density at radius 1 is 1.00 bits per heavy atom. The summed E-state index contributed by atoms with van der Waals surface area (Å²) >= 11 is 1.23. The number of anilines is 2. The molecule has 158 valence electrons. The van der Waals surface area contributed by atoms with Gasteiger partial charge in [0.05, 0.1) is 21.5 Å². The lowest BCUT2D eigenvalue weighted by molar-refractivity contribution is -0.115. The fraction of sp³-hybridized carbons (Fsp3) is 0.130. The smallest absolute Gasteiger partial charge is 0.263 e. The predicted octanol–water partition coefficient (Wildman–Crippen LogP) is 4.90. The van der Waals surface area contributed by atoms with E-state index in [0.717, 1.165) is 21.4 Å². The number of hydrogen-bond acceptors (Lipinski definition) is 5. The van der Waals surface area contributed by atoms with E-state index in [-0.39, 0.29) is 22.4 Å². The number of nitrogens with one attached hydrogen (secondary N) is 2. The quantitative estimate of drug-likeness (QED) is 0.437.